The van der Waals surface area contributed by atoms with Gasteiger partial charge in [-0.05, 0) is 55.0 Å². The van der Waals surface area contributed by atoms with E-state index >= 15 is 0 Å². The van der Waals surface area contributed by atoms with Crippen LogP contribution >= 0.6 is 11.3 Å². The number of ether oxygens (including phenoxy) is 1. The predicted molar refractivity (Wildman–Crippen MR) is 133 cm³/mol. The summed E-state index contributed by atoms with van der Waals surface area (Å²) in [6.07, 6.45) is -3.47. The Morgan fingerprint density at radius 2 is 1.74 bits per heavy atom. The summed E-state index contributed by atoms with van der Waals surface area (Å²) in [4.78, 5) is 23.4. The summed E-state index contributed by atoms with van der Waals surface area (Å²) in [7, 11) is 0. The van der Waals surface area contributed by atoms with Crippen LogP contribution < -0.4 is 9.64 Å². The molecule has 0 saturated heterocycles. The van der Waals surface area contributed by atoms with E-state index in [2.05, 4.69) is 24.9 Å². The third-order valence-corrected chi connectivity index (χ3v) is 6.42. The van der Waals surface area contributed by atoms with Gasteiger partial charge in [0, 0.05) is 5.56 Å². The minimum absolute atomic E-state index is 0.0209. The minimum atomic E-state index is -4.81. The minimum Gasteiger partial charge on any atom is -0.406 e. The summed E-state index contributed by atoms with van der Waals surface area (Å²) in [5.41, 5.74) is 1.94. The zero-order chi connectivity index (χ0) is 26.9. The fourth-order valence-electron chi connectivity index (χ4n) is 3.73. The molecule has 0 radical (unpaired) electrons. The molecule has 38 heavy (non-hydrogen) atoms. The SMILES string of the molecule is Cc1cc(-c2nnc(CN(C(=O)c3cnc4ccccc4n3)c3ccccc3F)s2)ccc1OC(F)(F)F. The number of amides is 1. The van der Waals surface area contributed by atoms with Crippen molar-refractivity contribution in [1.82, 2.24) is 20.2 Å². The molecule has 0 fully saturated rings. The molecule has 12 heteroatoms. The molecule has 0 aliphatic carbocycles. The highest BCUT2D eigenvalue weighted by molar-refractivity contribution is 7.14. The number of hydrogen-bond acceptors (Lipinski definition) is 7. The molecule has 0 spiro atoms. The predicted octanol–water partition coefficient (Wildman–Crippen LogP) is 6.34. The summed E-state index contributed by atoms with van der Waals surface area (Å²) in [6.45, 7) is 1.36. The lowest BCUT2D eigenvalue weighted by atomic mass is 10.1. The molecule has 5 rings (SSSR count). The standard InChI is InChI=1S/C26H17F4N5O2S/c1-15-12-16(10-11-22(15)37-26(28,29)30)24-34-33-23(38-24)14-35(21-9-5-2-6-17(21)27)25(36)20-13-31-18-7-3-4-8-19(18)32-20/h2-13H,14H2,1H3. The van der Waals surface area contributed by atoms with Gasteiger partial charge in [-0.1, -0.05) is 35.6 Å². The largest absolute Gasteiger partial charge is 0.573 e. The van der Waals surface area contributed by atoms with Gasteiger partial charge in [0.2, 0.25) is 0 Å². The lowest BCUT2D eigenvalue weighted by Gasteiger charge is -2.21. The lowest BCUT2D eigenvalue weighted by Crippen LogP contribution is -2.32. The number of nitrogens with zero attached hydrogens (tertiary/aromatic N) is 5. The van der Waals surface area contributed by atoms with Crippen molar-refractivity contribution < 1.29 is 27.1 Å². The van der Waals surface area contributed by atoms with Gasteiger partial charge in [0.1, 0.15) is 27.3 Å². The number of rotatable bonds is 6. The Morgan fingerprint density at radius 1 is 1.00 bits per heavy atom. The van der Waals surface area contributed by atoms with Crippen LogP contribution in [0.1, 0.15) is 21.1 Å². The molecule has 0 saturated carbocycles. The van der Waals surface area contributed by atoms with Crippen molar-refractivity contribution in [2.24, 2.45) is 0 Å². The second-order valence-electron chi connectivity index (χ2n) is 8.12. The zero-order valence-electron chi connectivity index (χ0n) is 19.6. The van der Waals surface area contributed by atoms with Crippen molar-refractivity contribution in [3.63, 3.8) is 0 Å². The monoisotopic (exact) mass is 539 g/mol. The average molecular weight is 540 g/mol. The topological polar surface area (TPSA) is 81.1 Å². The fourth-order valence-corrected chi connectivity index (χ4v) is 4.55. The van der Waals surface area contributed by atoms with Crippen LogP contribution in [0, 0.1) is 12.7 Å². The molecule has 1 amide bonds. The number of aryl methyl sites for hydroxylation is 1. The maximum absolute atomic E-state index is 14.8. The van der Waals surface area contributed by atoms with Crippen molar-refractivity contribution in [2.45, 2.75) is 19.8 Å². The molecule has 0 aliphatic heterocycles. The van der Waals surface area contributed by atoms with Crippen LogP contribution in [0.2, 0.25) is 0 Å². The van der Waals surface area contributed by atoms with E-state index in [9.17, 15) is 22.4 Å². The van der Waals surface area contributed by atoms with Crippen molar-refractivity contribution in [2.75, 3.05) is 4.90 Å². The Balaban J connectivity index is 1.45. The normalized spacial score (nSPS) is 11.5. The number of hydrogen-bond donors (Lipinski definition) is 0. The maximum Gasteiger partial charge on any atom is 0.573 e. The smallest absolute Gasteiger partial charge is 0.406 e. The number of halogens is 4. The molecule has 0 atom stereocenters. The summed E-state index contributed by atoms with van der Waals surface area (Å²) in [6, 6.07) is 17.0. The molecule has 0 bridgehead atoms. The van der Waals surface area contributed by atoms with Crippen LogP contribution in [-0.4, -0.2) is 32.4 Å². The first-order valence-corrected chi connectivity index (χ1v) is 12.0. The Labute approximate surface area is 217 Å². The second kappa shape index (κ2) is 10.1. The number of para-hydroxylation sites is 3. The molecule has 0 N–H and O–H groups in total. The second-order valence-corrected chi connectivity index (χ2v) is 9.18. The summed E-state index contributed by atoms with van der Waals surface area (Å²) in [5.74, 6) is -1.52. The Kier molecular flexibility index (Phi) is 6.72. The molecular formula is C26H17F4N5O2S. The molecule has 192 valence electrons. The number of aromatic nitrogens is 4. The van der Waals surface area contributed by atoms with Gasteiger partial charge in [0.25, 0.3) is 5.91 Å². The van der Waals surface area contributed by atoms with E-state index in [1.807, 2.05) is 0 Å². The van der Waals surface area contributed by atoms with E-state index in [1.54, 1.807) is 30.3 Å². The van der Waals surface area contributed by atoms with Crippen molar-refractivity contribution in [3.05, 3.63) is 95.0 Å². The van der Waals surface area contributed by atoms with Crippen LogP contribution in [0.4, 0.5) is 23.2 Å². The van der Waals surface area contributed by atoms with Gasteiger partial charge in [-0.15, -0.1) is 23.4 Å². The van der Waals surface area contributed by atoms with Gasteiger partial charge in [0.05, 0.1) is 29.5 Å². The highest BCUT2D eigenvalue weighted by Crippen LogP contribution is 2.32. The average Bonchev–Trinajstić information content (AvgIpc) is 3.36. The number of alkyl halides is 3. The molecule has 5 aromatic rings. The molecular weight excluding hydrogens is 522 g/mol. The molecule has 2 heterocycles. The highest BCUT2D eigenvalue weighted by Gasteiger charge is 2.32. The van der Waals surface area contributed by atoms with Crippen LogP contribution in [0.5, 0.6) is 5.75 Å². The van der Waals surface area contributed by atoms with Gasteiger partial charge in [-0.25, -0.2) is 9.37 Å². The molecule has 2 aromatic heterocycles. The number of fused-ring (bicyclic) bond motifs is 1. The van der Waals surface area contributed by atoms with Gasteiger partial charge < -0.3 is 4.74 Å². The van der Waals surface area contributed by atoms with Crippen molar-refractivity contribution in [1.29, 1.82) is 0 Å². The Hall–Kier alpha value is -4.45. The van der Waals surface area contributed by atoms with Crippen LogP contribution in [0.3, 0.4) is 0 Å². The van der Waals surface area contributed by atoms with Gasteiger partial charge >= 0.3 is 6.36 Å². The highest BCUT2D eigenvalue weighted by atomic mass is 32.1. The number of benzene rings is 3. The van der Waals surface area contributed by atoms with E-state index in [4.69, 9.17) is 0 Å². The zero-order valence-corrected chi connectivity index (χ0v) is 20.4. The molecule has 0 unspecified atom stereocenters. The third-order valence-electron chi connectivity index (χ3n) is 5.46. The lowest BCUT2D eigenvalue weighted by molar-refractivity contribution is -0.274. The maximum atomic E-state index is 14.8. The van der Waals surface area contributed by atoms with E-state index in [0.29, 0.717) is 26.6 Å². The van der Waals surface area contributed by atoms with Gasteiger partial charge in [-0.3, -0.25) is 14.7 Å². The van der Waals surface area contributed by atoms with E-state index in [0.717, 1.165) is 11.3 Å². The first kappa shape index (κ1) is 25.2. The Morgan fingerprint density at radius 3 is 2.47 bits per heavy atom. The van der Waals surface area contributed by atoms with E-state index in [1.165, 1.54) is 54.4 Å². The van der Waals surface area contributed by atoms with Gasteiger partial charge in [0.15, 0.2) is 0 Å². The molecule has 7 nitrogen and oxygen atoms in total. The van der Waals surface area contributed by atoms with Gasteiger partial charge in [-0.2, -0.15) is 0 Å². The number of carbonyl (C=O) groups excluding carboxylic acids is 1. The summed E-state index contributed by atoms with van der Waals surface area (Å²) in [5, 5.41) is 9.03. The molecule has 0 aliphatic rings. The quantitative estimate of drug-likeness (QED) is 0.234. The number of carbonyl (C=O) groups is 1. The van der Waals surface area contributed by atoms with Crippen molar-refractivity contribution >= 4 is 34.0 Å². The van der Waals surface area contributed by atoms with E-state index < -0.39 is 18.1 Å². The first-order valence-electron chi connectivity index (χ1n) is 11.2. The summed E-state index contributed by atoms with van der Waals surface area (Å²) < 4.78 is 56.6. The van der Waals surface area contributed by atoms with Crippen LogP contribution in [0.15, 0.2) is 72.9 Å². The fraction of sp³-hybridized carbons (Fsp3) is 0.115. The third kappa shape index (κ3) is 5.44. The number of anilines is 1. The first-order chi connectivity index (χ1) is 18.2. The van der Waals surface area contributed by atoms with Crippen LogP contribution in [-0.2, 0) is 6.54 Å². The summed E-state index contributed by atoms with van der Waals surface area (Å²) >= 11 is 1.12. The van der Waals surface area contributed by atoms with Crippen molar-refractivity contribution in [3.8, 4) is 16.3 Å². The molecule has 3 aromatic carbocycles. The van der Waals surface area contributed by atoms with Crippen LogP contribution in [0.25, 0.3) is 21.6 Å². The Bertz CT molecular complexity index is 1640. The van der Waals surface area contributed by atoms with E-state index in [-0.39, 0.29) is 29.2 Å².